The molecule has 1 saturated carbocycles. The molecule has 3 aliphatic rings. The third-order valence-corrected chi connectivity index (χ3v) is 5.38. The first-order chi connectivity index (χ1) is 9.78. The predicted molar refractivity (Wildman–Crippen MR) is 81.7 cm³/mol. The van der Waals surface area contributed by atoms with Gasteiger partial charge < -0.3 is 9.64 Å². The lowest BCUT2D eigenvalue weighted by Gasteiger charge is -2.48. The average molecular weight is 338 g/mol. The Labute approximate surface area is 128 Å². The average Bonchev–Trinajstić information content (AvgIpc) is 2.53. The topological polar surface area (TPSA) is 29.5 Å². The lowest BCUT2D eigenvalue weighted by molar-refractivity contribution is 0.00171. The quantitative estimate of drug-likeness (QED) is 0.784. The summed E-state index contributed by atoms with van der Waals surface area (Å²) in [7, 11) is 0. The molecule has 1 aliphatic carbocycles. The van der Waals surface area contributed by atoms with Crippen molar-refractivity contribution in [1.29, 1.82) is 0 Å². The first kappa shape index (κ1) is 13.9. The van der Waals surface area contributed by atoms with Gasteiger partial charge in [-0.05, 0) is 36.7 Å². The summed E-state index contributed by atoms with van der Waals surface area (Å²) in [4.78, 5) is 14.3. The molecule has 3 atom stereocenters. The number of hydrogen-bond donors (Lipinski definition) is 0. The van der Waals surface area contributed by atoms with E-state index < -0.39 is 0 Å². The van der Waals surface area contributed by atoms with Crippen LogP contribution in [0.25, 0.3) is 0 Å². The van der Waals surface area contributed by atoms with E-state index in [-0.39, 0.29) is 6.09 Å². The molecule has 0 aromatic heterocycles. The van der Waals surface area contributed by atoms with Crippen LogP contribution in [0.1, 0.15) is 24.8 Å². The Morgan fingerprint density at radius 3 is 2.80 bits per heavy atom. The number of rotatable bonds is 3. The molecular formula is C16H20BrNO2. The van der Waals surface area contributed by atoms with Gasteiger partial charge in [-0.25, -0.2) is 4.79 Å². The standard InChI is InChI=1S/C16H20BrNO2/c17-9-14-8-13-6-7-15(14)18(10-13)16(19)20-11-12-4-2-1-3-5-12/h1-5,13-15H,6-11H2/t13-,14-,15-/m0/s1. The van der Waals surface area contributed by atoms with E-state index in [1.54, 1.807) is 0 Å². The highest BCUT2D eigenvalue weighted by Gasteiger charge is 2.42. The number of benzene rings is 1. The molecule has 2 saturated heterocycles. The van der Waals surface area contributed by atoms with E-state index in [9.17, 15) is 4.79 Å². The van der Waals surface area contributed by atoms with Crippen molar-refractivity contribution in [3.8, 4) is 0 Å². The highest BCUT2D eigenvalue weighted by molar-refractivity contribution is 9.09. The number of ether oxygens (including phenoxy) is 1. The lowest BCUT2D eigenvalue weighted by atomic mass is 9.74. The maximum atomic E-state index is 12.3. The van der Waals surface area contributed by atoms with Crippen molar-refractivity contribution in [2.45, 2.75) is 31.9 Å². The zero-order valence-electron chi connectivity index (χ0n) is 11.5. The molecule has 0 radical (unpaired) electrons. The molecule has 3 nitrogen and oxygen atoms in total. The molecule has 0 spiro atoms. The predicted octanol–water partition coefficient (Wildman–Crippen LogP) is 3.82. The Morgan fingerprint density at radius 1 is 1.30 bits per heavy atom. The number of amides is 1. The van der Waals surface area contributed by atoms with Crippen LogP contribution in [-0.4, -0.2) is 28.9 Å². The number of halogens is 1. The number of nitrogens with zero attached hydrogens (tertiary/aromatic N) is 1. The minimum atomic E-state index is -0.144. The summed E-state index contributed by atoms with van der Waals surface area (Å²) in [6, 6.07) is 10.2. The van der Waals surface area contributed by atoms with Gasteiger partial charge in [-0.15, -0.1) is 0 Å². The zero-order chi connectivity index (χ0) is 13.9. The van der Waals surface area contributed by atoms with Crippen LogP contribution in [0, 0.1) is 11.8 Å². The molecular weight excluding hydrogens is 318 g/mol. The van der Waals surface area contributed by atoms with E-state index >= 15 is 0 Å². The van der Waals surface area contributed by atoms with Crippen LogP contribution in [0.15, 0.2) is 30.3 Å². The van der Waals surface area contributed by atoms with E-state index in [0.717, 1.165) is 23.9 Å². The van der Waals surface area contributed by atoms with Crippen molar-refractivity contribution >= 4 is 22.0 Å². The van der Waals surface area contributed by atoms with E-state index in [0.29, 0.717) is 24.5 Å². The lowest BCUT2D eigenvalue weighted by Crippen LogP contribution is -2.55. The Hall–Kier alpha value is -1.03. The minimum Gasteiger partial charge on any atom is -0.445 e. The fraction of sp³-hybridized carbons (Fsp3) is 0.562. The fourth-order valence-corrected chi connectivity index (χ4v) is 4.21. The van der Waals surface area contributed by atoms with E-state index in [1.165, 1.54) is 12.8 Å². The third-order valence-electron chi connectivity index (χ3n) is 4.54. The van der Waals surface area contributed by atoms with E-state index in [2.05, 4.69) is 15.9 Å². The molecule has 3 fully saturated rings. The van der Waals surface area contributed by atoms with Crippen molar-refractivity contribution in [3.05, 3.63) is 35.9 Å². The van der Waals surface area contributed by atoms with Gasteiger partial charge >= 0.3 is 6.09 Å². The van der Waals surface area contributed by atoms with Crippen LogP contribution < -0.4 is 0 Å². The van der Waals surface area contributed by atoms with Gasteiger partial charge in [-0.2, -0.15) is 0 Å². The fourth-order valence-electron chi connectivity index (χ4n) is 3.51. The van der Waals surface area contributed by atoms with Gasteiger partial charge in [0.1, 0.15) is 6.61 Å². The minimum absolute atomic E-state index is 0.144. The van der Waals surface area contributed by atoms with Crippen molar-refractivity contribution in [2.24, 2.45) is 11.8 Å². The van der Waals surface area contributed by atoms with Gasteiger partial charge in [0.2, 0.25) is 0 Å². The molecule has 1 aromatic rings. The van der Waals surface area contributed by atoms with Crippen LogP contribution in [-0.2, 0) is 11.3 Å². The Morgan fingerprint density at radius 2 is 2.10 bits per heavy atom. The molecule has 0 unspecified atom stereocenters. The van der Waals surface area contributed by atoms with Crippen LogP contribution in [0.5, 0.6) is 0 Å². The molecule has 20 heavy (non-hydrogen) atoms. The van der Waals surface area contributed by atoms with Crippen LogP contribution in [0.3, 0.4) is 0 Å². The second-order valence-corrected chi connectivity index (χ2v) is 6.50. The molecule has 2 aliphatic heterocycles. The number of alkyl halides is 1. The van der Waals surface area contributed by atoms with E-state index in [1.807, 2.05) is 35.2 Å². The number of fused-ring (bicyclic) bond motifs is 3. The molecule has 4 heteroatoms. The Balaban J connectivity index is 1.60. The first-order valence-electron chi connectivity index (χ1n) is 7.31. The molecule has 2 heterocycles. The molecule has 108 valence electrons. The molecule has 0 N–H and O–H groups in total. The maximum absolute atomic E-state index is 12.3. The SMILES string of the molecule is O=C(OCc1ccccc1)N1C[C@H]2CC[C@H]1[C@H](CBr)C2. The van der Waals surface area contributed by atoms with Crippen LogP contribution in [0.4, 0.5) is 4.79 Å². The van der Waals surface area contributed by atoms with Crippen molar-refractivity contribution in [1.82, 2.24) is 4.90 Å². The summed E-state index contributed by atoms with van der Waals surface area (Å²) >= 11 is 3.59. The number of hydrogen-bond acceptors (Lipinski definition) is 2. The largest absolute Gasteiger partial charge is 0.445 e. The van der Waals surface area contributed by atoms with Gasteiger partial charge in [0, 0.05) is 17.9 Å². The monoisotopic (exact) mass is 337 g/mol. The molecule has 1 aromatic carbocycles. The van der Waals surface area contributed by atoms with E-state index in [4.69, 9.17) is 4.74 Å². The summed E-state index contributed by atoms with van der Waals surface area (Å²) in [5, 5.41) is 0.983. The normalized spacial score (nSPS) is 28.4. The molecule has 4 rings (SSSR count). The number of carbonyl (C=O) groups is 1. The number of piperidine rings is 2. The van der Waals surface area contributed by atoms with Crippen molar-refractivity contribution < 1.29 is 9.53 Å². The van der Waals surface area contributed by atoms with Gasteiger partial charge in [0.25, 0.3) is 0 Å². The Kier molecular flexibility index (Phi) is 4.29. The zero-order valence-corrected chi connectivity index (χ0v) is 13.1. The van der Waals surface area contributed by atoms with Gasteiger partial charge in [0.15, 0.2) is 0 Å². The second-order valence-electron chi connectivity index (χ2n) is 5.85. The summed E-state index contributed by atoms with van der Waals surface area (Å²) in [5.74, 6) is 1.25. The molecule has 1 amide bonds. The third kappa shape index (κ3) is 2.85. The Bertz CT molecular complexity index is 465. The highest BCUT2D eigenvalue weighted by atomic mass is 79.9. The highest BCUT2D eigenvalue weighted by Crippen LogP contribution is 2.40. The van der Waals surface area contributed by atoms with Gasteiger partial charge in [-0.1, -0.05) is 46.3 Å². The van der Waals surface area contributed by atoms with Gasteiger partial charge in [-0.3, -0.25) is 0 Å². The first-order valence-corrected chi connectivity index (χ1v) is 8.43. The summed E-state index contributed by atoms with van der Waals surface area (Å²) < 4.78 is 5.48. The van der Waals surface area contributed by atoms with Crippen LogP contribution >= 0.6 is 15.9 Å². The number of carbonyl (C=O) groups excluding carboxylic acids is 1. The van der Waals surface area contributed by atoms with Crippen LogP contribution in [0.2, 0.25) is 0 Å². The van der Waals surface area contributed by atoms with Crippen molar-refractivity contribution in [3.63, 3.8) is 0 Å². The smallest absolute Gasteiger partial charge is 0.410 e. The maximum Gasteiger partial charge on any atom is 0.410 e. The summed E-state index contributed by atoms with van der Waals surface area (Å²) in [6.07, 6.45) is 3.49. The second kappa shape index (κ2) is 6.17. The van der Waals surface area contributed by atoms with Gasteiger partial charge in [0.05, 0.1) is 0 Å². The molecule has 2 bridgehead atoms. The summed E-state index contributed by atoms with van der Waals surface area (Å²) in [5.41, 5.74) is 1.04. The van der Waals surface area contributed by atoms with Crippen molar-refractivity contribution in [2.75, 3.05) is 11.9 Å². The summed E-state index contributed by atoms with van der Waals surface area (Å²) in [6.45, 7) is 1.24.